The Kier molecular flexibility index (Phi) is 2.96. The van der Waals surface area contributed by atoms with Gasteiger partial charge in [-0.2, -0.15) is 0 Å². The third kappa shape index (κ3) is 1.96. The first-order valence-corrected chi connectivity index (χ1v) is 6.00. The number of nitrogens with zero attached hydrogens (tertiary/aromatic N) is 1. The Morgan fingerprint density at radius 3 is 2.78 bits per heavy atom. The van der Waals surface area contributed by atoms with Gasteiger partial charge >= 0.3 is 0 Å². The molecule has 1 aliphatic rings. The largest absolute Gasteiger partial charge is 0.493 e. The lowest BCUT2D eigenvalue weighted by Crippen LogP contribution is -2.28. The Morgan fingerprint density at radius 2 is 2.00 bits per heavy atom. The second-order valence-corrected chi connectivity index (χ2v) is 4.35. The van der Waals surface area contributed by atoms with E-state index in [4.69, 9.17) is 10.6 Å². The summed E-state index contributed by atoms with van der Waals surface area (Å²) in [6.07, 6.45) is 4.52. The number of aromatic nitrogens is 1. The Hall–Kier alpha value is -1.91. The molecule has 18 heavy (non-hydrogen) atoms. The lowest BCUT2D eigenvalue weighted by molar-refractivity contribution is 0.357. The molecule has 1 atom stereocenters. The van der Waals surface area contributed by atoms with Crippen LogP contribution in [-0.2, 0) is 6.42 Å². The molecule has 3 rings (SSSR count). The molecule has 0 aliphatic carbocycles. The van der Waals surface area contributed by atoms with E-state index in [0.29, 0.717) is 0 Å². The van der Waals surface area contributed by atoms with E-state index in [1.165, 1.54) is 5.56 Å². The van der Waals surface area contributed by atoms with Crippen molar-refractivity contribution in [3.8, 4) is 5.75 Å². The van der Waals surface area contributed by atoms with Crippen LogP contribution in [0.3, 0.4) is 0 Å². The molecule has 1 aliphatic heterocycles. The number of nitrogens with one attached hydrogen (secondary N) is 1. The van der Waals surface area contributed by atoms with Crippen molar-refractivity contribution in [3.63, 3.8) is 0 Å². The average Bonchev–Trinajstić information content (AvgIpc) is 2.88. The lowest BCUT2D eigenvalue weighted by Gasteiger charge is -2.17. The van der Waals surface area contributed by atoms with Crippen LogP contribution in [0.2, 0.25) is 0 Å². The molecule has 1 aromatic carbocycles. The van der Waals surface area contributed by atoms with Crippen molar-refractivity contribution in [2.24, 2.45) is 5.84 Å². The van der Waals surface area contributed by atoms with Crippen LogP contribution in [0.25, 0.3) is 0 Å². The third-order valence-electron chi connectivity index (χ3n) is 3.25. The van der Waals surface area contributed by atoms with Gasteiger partial charge in [-0.1, -0.05) is 12.1 Å². The second-order valence-electron chi connectivity index (χ2n) is 4.35. The molecule has 1 unspecified atom stereocenters. The van der Waals surface area contributed by atoms with Gasteiger partial charge in [0.25, 0.3) is 0 Å². The molecule has 2 aromatic rings. The van der Waals surface area contributed by atoms with Crippen LogP contribution in [0.15, 0.2) is 42.7 Å². The van der Waals surface area contributed by atoms with E-state index in [0.717, 1.165) is 29.9 Å². The monoisotopic (exact) mass is 241 g/mol. The van der Waals surface area contributed by atoms with E-state index in [-0.39, 0.29) is 6.04 Å². The molecule has 0 saturated heterocycles. The minimum atomic E-state index is -0.0149. The summed E-state index contributed by atoms with van der Waals surface area (Å²) >= 11 is 0. The molecule has 0 radical (unpaired) electrons. The highest BCUT2D eigenvalue weighted by Crippen LogP contribution is 2.30. The number of rotatable bonds is 3. The summed E-state index contributed by atoms with van der Waals surface area (Å²) in [7, 11) is 0. The summed E-state index contributed by atoms with van der Waals surface area (Å²) < 4.78 is 5.51. The number of nitrogens with two attached hydrogens (primary N) is 1. The molecule has 0 saturated carbocycles. The van der Waals surface area contributed by atoms with Crippen LogP contribution in [0.1, 0.15) is 22.7 Å². The second kappa shape index (κ2) is 4.76. The summed E-state index contributed by atoms with van der Waals surface area (Å²) in [5.74, 6) is 6.67. The molecule has 92 valence electrons. The van der Waals surface area contributed by atoms with Gasteiger partial charge < -0.3 is 4.74 Å². The van der Waals surface area contributed by atoms with Crippen molar-refractivity contribution < 1.29 is 4.74 Å². The number of hydrogen-bond acceptors (Lipinski definition) is 4. The molecule has 4 heteroatoms. The topological polar surface area (TPSA) is 60.2 Å². The third-order valence-corrected chi connectivity index (χ3v) is 3.25. The number of fused-ring (bicyclic) bond motifs is 1. The zero-order valence-corrected chi connectivity index (χ0v) is 9.97. The Morgan fingerprint density at radius 1 is 1.17 bits per heavy atom. The van der Waals surface area contributed by atoms with Crippen molar-refractivity contribution in [3.05, 3.63) is 59.4 Å². The quantitative estimate of drug-likeness (QED) is 0.632. The van der Waals surface area contributed by atoms with E-state index < -0.39 is 0 Å². The number of hydrogen-bond donors (Lipinski definition) is 2. The molecule has 0 amide bonds. The predicted octanol–water partition coefficient (Wildman–Crippen LogP) is 1.57. The van der Waals surface area contributed by atoms with Gasteiger partial charge in [-0.05, 0) is 34.9 Å². The maximum Gasteiger partial charge on any atom is 0.122 e. The van der Waals surface area contributed by atoms with Gasteiger partial charge in [-0.3, -0.25) is 10.8 Å². The van der Waals surface area contributed by atoms with Crippen molar-refractivity contribution in [1.29, 1.82) is 0 Å². The summed E-state index contributed by atoms with van der Waals surface area (Å²) in [5, 5.41) is 0. The molecule has 1 aromatic heterocycles. The number of ether oxygens (including phenoxy) is 1. The summed E-state index contributed by atoms with van der Waals surface area (Å²) in [4.78, 5) is 4.02. The van der Waals surface area contributed by atoms with Crippen LogP contribution >= 0.6 is 0 Å². The first-order valence-electron chi connectivity index (χ1n) is 6.00. The van der Waals surface area contributed by atoms with Gasteiger partial charge in [-0.25, -0.2) is 5.43 Å². The Balaban J connectivity index is 1.97. The molecular formula is C14H15N3O. The van der Waals surface area contributed by atoms with Gasteiger partial charge in [-0.15, -0.1) is 0 Å². The fraction of sp³-hybridized carbons (Fsp3) is 0.214. The minimum Gasteiger partial charge on any atom is -0.493 e. The van der Waals surface area contributed by atoms with Crippen LogP contribution in [0, 0.1) is 0 Å². The van der Waals surface area contributed by atoms with Gasteiger partial charge in [0.1, 0.15) is 5.75 Å². The minimum absolute atomic E-state index is 0.0149. The van der Waals surface area contributed by atoms with Gasteiger partial charge in [0, 0.05) is 18.8 Å². The van der Waals surface area contributed by atoms with E-state index >= 15 is 0 Å². The smallest absolute Gasteiger partial charge is 0.122 e. The molecule has 0 fully saturated rings. The predicted molar refractivity (Wildman–Crippen MR) is 69.0 cm³/mol. The molecule has 2 heterocycles. The van der Waals surface area contributed by atoms with Gasteiger partial charge in [0.2, 0.25) is 0 Å². The SMILES string of the molecule is NNC(c1ccncc1)c1ccc2c(c1)CCO2. The normalized spacial score (nSPS) is 14.9. The average molecular weight is 241 g/mol. The van der Waals surface area contributed by atoms with Crippen molar-refractivity contribution >= 4 is 0 Å². The highest BCUT2D eigenvalue weighted by Gasteiger charge is 2.17. The van der Waals surface area contributed by atoms with E-state index in [2.05, 4.69) is 22.5 Å². The summed E-state index contributed by atoms with van der Waals surface area (Å²) in [5.41, 5.74) is 6.36. The molecule has 3 N–H and O–H groups in total. The van der Waals surface area contributed by atoms with E-state index in [1.54, 1.807) is 12.4 Å². The molecule has 0 spiro atoms. The number of benzene rings is 1. The zero-order chi connectivity index (χ0) is 12.4. The molecule has 0 bridgehead atoms. The lowest BCUT2D eigenvalue weighted by atomic mass is 9.98. The highest BCUT2D eigenvalue weighted by molar-refractivity contribution is 5.43. The highest BCUT2D eigenvalue weighted by atomic mass is 16.5. The van der Waals surface area contributed by atoms with Gasteiger partial charge in [0.15, 0.2) is 0 Å². The zero-order valence-electron chi connectivity index (χ0n) is 9.97. The maximum absolute atomic E-state index is 5.68. The fourth-order valence-corrected chi connectivity index (χ4v) is 2.33. The van der Waals surface area contributed by atoms with E-state index in [9.17, 15) is 0 Å². The Bertz CT molecular complexity index is 542. The standard InChI is InChI=1S/C14H15N3O/c15-17-14(10-3-6-16-7-4-10)12-1-2-13-11(9-12)5-8-18-13/h1-4,6-7,9,14,17H,5,8,15H2. The van der Waals surface area contributed by atoms with Crippen LogP contribution in [0.4, 0.5) is 0 Å². The van der Waals surface area contributed by atoms with Crippen molar-refractivity contribution in [1.82, 2.24) is 10.4 Å². The van der Waals surface area contributed by atoms with Gasteiger partial charge in [0.05, 0.1) is 12.6 Å². The summed E-state index contributed by atoms with van der Waals surface area (Å²) in [6, 6.07) is 10.1. The summed E-state index contributed by atoms with van der Waals surface area (Å²) in [6.45, 7) is 0.773. The molecule has 4 nitrogen and oxygen atoms in total. The van der Waals surface area contributed by atoms with Crippen LogP contribution in [0.5, 0.6) is 5.75 Å². The first-order chi connectivity index (χ1) is 8.88. The first kappa shape index (κ1) is 11.2. The van der Waals surface area contributed by atoms with Crippen molar-refractivity contribution in [2.45, 2.75) is 12.5 Å². The van der Waals surface area contributed by atoms with E-state index in [1.807, 2.05) is 18.2 Å². The van der Waals surface area contributed by atoms with Crippen molar-refractivity contribution in [2.75, 3.05) is 6.61 Å². The Labute approximate surface area is 106 Å². The molecular weight excluding hydrogens is 226 g/mol. The van der Waals surface area contributed by atoms with Crippen LogP contribution < -0.4 is 16.0 Å². The number of pyridine rings is 1. The maximum atomic E-state index is 5.68. The number of hydrazine groups is 1. The fourth-order valence-electron chi connectivity index (χ4n) is 2.33. The van der Waals surface area contributed by atoms with Crippen LogP contribution in [-0.4, -0.2) is 11.6 Å².